The largest absolute Gasteiger partial charge is 0.466 e. The van der Waals surface area contributed by atoms with Crippen LogP contribution in [0, 0.1) is 10.1 Å². The van der Waals surface area contributed by atoms with E-state index in [0.717, 1.165) is 6.07 Å². The van der Waals surface area contributed by atoms with Gasteiger partial charge in [0.25, 0.3) is 0 Å². The quantitative estimate of drug-likeness (QED) is 0.320. The van der Waals surface area contributed by atoms with E-state index < -0.39 is 28.9 Å². The van der Waals surface area contributed by atoms with Gasteiger partial charge in [-0.25, -0.2) is 0 Å². The monoisotopic (exact) mass is 367 g/mol. The lowest BCUT2D eigenvalue weighted by Gasteiger charge is -2.10. The third-order valence-corrected chi connectivity index (χ3v) is 3.01. The van der Waals surface area contributed by atoms with E-state index >= 15 is 0 Å². The van der Waals surface area contributed by atoms with E-state index in [1.807, 2.05) is 0 Å². The molecule has 0 saturated carbocycles. The lowest BCUT2D eigenvalue weighted by molar-refractivity contribution is -0.387. The lowest BCUT2D eigenvalue weighted by Crippen LogP contribution is -2.10. The third-order valence-electron chi connectivity index (χ3n) is 2.41. The first-order valence-electron chi connectivity index (χ1n) is 5.85. The van der Waals surface area contributed by atoms with Gasteiger partial charge in [-0.05, 0) is 24.6 Å². The van der Waals surface area contributed by atoms with Gasteiger partial charge >= 0.3 is 18.3 Å². The van der Waals surface area contributed by atoms with Crippen molar-refractivity contribution in [3.63, 3.8) is 0 Å². The SMILES string of the molecule is CCOC(=O)Cc1cc(CBr)c([N+](=O)[O-])c(OC(F)F)c1. The molecule has 0 radical (unpaired) electrons. The van der Waals surface area contributed by atoms with Gasteiger partial charge in [0, 0.05) is 10.9 Å². The van der Waals surface area contributed by atoms with Crippen molar-refractivity contribution >= 4 is 27.6 Å². The fourth-order valence-corrected chi connectivity index (χ4v) is 2.13. The predicted molar refractivity (Wildman–Crippen MR) is 72.7 cm³/mol. The second-order valence-corrected chi connectivity index (χ2v) is 4.41. The molecular weight excluding hydrogens is 356 g/mol. The molecule has 1 rings (SSSR count). The van der Waals surface area contributed by atoms with Crippen molar-refractivity contribution in [1.82, 2.24) is 0 Å². The van der Waals surface area contributed by atoms with Crippen molar-refractivity contribution < 1.29 is 28.0 Å². The van der Waals surface area contributed by atoms with Gasteiger partial charge in [0.15, 0.2) is 0 Å². The Labute approximate surface area is 127 Å². The number of hydrogen-bond acceptors (Lipinski definition) is 5. The van der Waals surface area contributed by atoms with Crippen LogP contribution in [0.3, 0.4) is 0 Å². The molecule has 0 N–H and O–H groups in total. The summed E-state index contributed by atoms with van der Waals surface area (Å²) in [4.78, 5) is 21.6. The van der Waals surface area contributed by atoms with Gasteiger partial charge in [-0.3, -0.25) is 14.9 Å². The molecule has 0 spiro atoms. The summed E-state index contributed by atoms with van der Waals surface area (Å²) in [5.74, 6) is -1.14. The van der Waals surface area contributed by atoms with Crippen molar-refractivity contribution in [3.05, 3.63) is 33.4 Å². The van der Waals surface area contributed by atoms with Crippen LogP contribution in [-0.4, -0.2) is 24.1 Å². The number of hydrogen-bond donors (Lipinski definition) is 0. The molecule has 0 amide bonds. The van der Waals surface area contributed by atoms with Gasteiger partial charge in [0.05, 0.1) is 18.0 Å². The standard InChI is InChI=1S/C12H12BrF2NO5/c1-2-20-10(17)5-7-3-8(6-13)11(16(18)19)9(4-7)21-12(14)15/h3-4,12H,2,5-6H2,1H3. The number of nitro benzene ring substituents is 1. The molecule has 0 unspecified atom stereocenters. The van der Waals surface area contributed by atoms with Crippen LogP contribution in [0.4, 0.5) is 14.5 Å². The van der Waals surface area contributed by atoms with Crippen molar-refractivity contribution in [1.29, 1.82) is 0 Å². The van der Waals surface area contributed by atoms with E-state index in [1.54, 1.807) is 6.92 Å². The molecular formula is C12H12BrF2NO5. The Morgan fingerprint density at radius 1 is 1.48 bits per heavy atom. The molecule has 0 atom stereocenters. The van der Waals surface area contributed by atoms with Gasteiger partial charge in [0.1, 0.15) is 0 Å². The van der Waals surface area contributed by atoms with Crippen LogP contribution in [-0.2, 0) is 21.3 Å². The van der Waals surface area contributed by atoms with Crippen molar-refractivity contribution in [3.8, 4) is 5.75 Å². The molecule has 0 bridgehead atoms. The van der Waals surface area contributed by atoms with E-state index in [4.69, 9.17) is 4.74 Å². The molecule has 21 heavy (non-hydrogen) atoms. The normalized spacial score (nSPS) is 10.5. The van der Waals surface area contributed by atoms with E-state index in [2.05, 4.69) is 20.7 Å². The number of carbonyl (C=O) groups is 1. The molecule has 6 nitrogen and oxygen atoms in total. The maximum Gasteiger partial charge on any atom is 0.387 e. The zero-order valence-corrected chi connectivity index (χ0v) is 12.6. The molecule has 116 valence electrons. The van der Waals surface area contributed by atoms with Gasteiger partial charge in [-0.2, -0.15) is 8.78 Å². The van der Waals surface area contributed by atoms with Crippen LogP contribution >= 0.6 is 15.9 Å². The van der Waals surface area contributed by atoms with Crippen LogP contribution in [0.1, 0.15) is 18.1 Å². The smallest absolute Gasteiger partial charge is 0.387 e. The number of benzene rings is 1. The number of halogens is 3. The fraction of sp³-hybridized carbons (Fsp3) is 0.417. The molecule has 0 aliphatic carbocycles. The molecule has 0 aliphatic heterocycles. The summed E-state index contributed by atoms with van der Waals surface area (Å²) in [5, 5.41) is 11.0. The average Bonchev–Trinajstić information content (AvgIpc) is 2.36. The Balaban J connectivity index is 3.23. The summed E-state index contributed by atoms with van der Waals surface area (Å²) in [7, 11) is 0. The highest BCUT2D eigenvalue weighted by Crippen LogP contribution is 2.35. The van der Waals surface area contributed by atoms with Crippen LogP contribution in [0.15, 0.2) is 12.1 Å². The number of carbonyl (C=O) groups excluding carboxylic acids is 1. The van der Waals surface area contributed by atoms with Crippen molar-refractivity contribution in [2.75, 3.05) is 6.61 Å². The summed E-state index contributed by atoms with van der Waals surface area (Å²) in [6.45, 7) is -1.40. The van der Waals surface area contributed by atoms with Gasteiger partial charge in [-0.15, -0.1) is 0 Å². The number of esters is 1. The van der Waals surface area contributed by atoms with Crippen LogP contribution in [0.25, 0.3) is 0 Å². The number of ether oxygens (including phenoxy) is 2. The highest BCUT2D eigenvalue weighted by molar-refractivity contribution is 9.08. The zero-order valence-electron chi connectivity index (χ0n) is 11.0. The third kappa shape index (κ3) is 4.92. The van der Waals surface area contributed by atoms with Gasteiger partial charge in [0.2, 0.25) is 5.75 Å². The lowest BCUT2D eigenvalue weighted by atomic mass is 10.1. The van der Waals surface area contributed by atoms with Crippen LogP contribution in [0.2, 0.25) is 0 Å². The highest BCUT2D eigenvalue weighted by Gasteiger charge is 2.25. The Kier molecular flexibility index (Phi) is 6.47. The van der Waals surface area contributed by atoms with Gasteiger partial charge in [-0.1, -0.05) is 15.9 Å². The molecule has 0 aromatic heterocycles. The number of rotatable bonds is 7. The Hall–Kier alpha value is -1.77. The molecule has 0 aliphatic rings. The van der Waals surface area contributed by atoms with E-state index in [9.17, 15) is 23.7 Å². The molecule has 0 heterocycles. The Bertz CT molecular complexity index is 539. The molecule has 1 aromatic rings. The predicted octanol–water partition coefficient (Wildman–Crippen LogP) is 3.20. The van der Waals surface area contributed by atoms with E-state index in [1.165, 1.54) is 6.07 Å². The molecule has 9 heteroatoms. The van der Waals surface area contributed by atoms with Crippen LogP contribution in [0.5, 0.6) is 5.75 Å². The molecule has 1 aromatic carbocycles. The number of nitro groups is 1. The topological polar surface area (TPSA) is 78.7 Å². The summed E-state index contributed by atoms with van der Waals surface area (Å²) >= 11 is 3.04. The summed E-state index contributed by atoms with van der Waals surface area (Å²) in [6.07, 6.45) is -0.189. The highest BCUT2D eigenvalue weighted by atomic mass is 79.9. The van der Waals surface area contributed by atoms with E-state index in [-0.39, 0.29) is 23.9 Å². The first-order valence-corrected chi connectivity index (χ1v) is 6.97. The maximum atomic E-state index is 12.4. The number of nitrogens with zero attached hydrogens (tertiary/aromatic N) is 1. The Morgan fingerprint density at radius 2 is 2.14 bits per heavy atom. The second-order valence-electron chi connectivity index (χ2n) is 3.85. The minimum Gasteiger partial charge on any atom is -0.466 e. The first kappa shape index (κ1) is 17.3. The minimum atomic E-state index is -3.20. The van der Waals surface area contributed by atoms with Gasteiger partial charge < -0.3 is 9.47 Å². The fourth-order valence-electron chi connectivity index (χ4n) is 1.70. The van der Waals surface area contributed by atoms with E-state index in [0.29, 0.717) is 5.56 Å². The zero-order chi connectivity index (χ0) is 16.0. The summed E-state index contributed by atoms with van der Waals surface area (Å²) in [6, 6.07) is 2.43. The minimum absolute atomic E-state index is 0.0551. The average molecular weight is 368 g/mol. The second kappa shape index (κ2) is 7.87. The summed E-state index contributed by atoms with van der Waals surface area (Å²) < 4.78 is 33.7. The molecule has 0 saturated heterocycles. The maximum absolute atomic E-state index is 12.4. The van der Waals surface area contributed by atoms with Crippen LogP contribution < -0.4 is 4.74 Å². The van der Waals surface area contributed by atoms with Crippen molar-refractivity contribution in [2.24, 2.45) is 0 Å². The Morgan fingerprint density at radius 3 is 2.62 bits per heavy atom. The molecule has 0 fully saturated rings. The first-order chi connectivity index (χ1) is 9.88. The number of alkyl halides is 3. The summed E-state index contributed by atoms with van der Waals surface area (Å²) in [5.41, 5.74) is -0.124. The van der Waals surface area contributed by atoms with Crippen molar-refractivity contribution in [2.45, 2.75) is 25.3 Å².